The van der Waals surface area contributed by atoms with Gasteiger partial charge in [0, 0.05) is 0 Å². The first-order valence-electron chi connectivity index (χ1n) is 3.16. The Kier molecular flexibility index (Phi) is 4.99. The smallest absolute Gasteiger partial charge is 0.00137 e. The normalized spacial score (nSPS) is 5.80. The first kappa shape index (κ1) is 8.64. The number of hydrogen-bond acceptors (Lipinski definition) is 0. The Hall–Kier alpha value is -1.36. The molecule has 0 saturated carbocycles. The van der Waals surface area contributed by atoms with Crippen LogP contribution in [0.5, 0.6) is 0 Å². The van der Waals surface area contributed by atoms with Gasteiger partial charge in [-0.15, -0.1) is 0 Å². The SMILES string of the molecule is C=C=C=C=C=C=C(C)CC. The van der Waals surface area contributed by atoms with Gasteiger partial charge in [0.05, 0.1) is 0 Å². The molecule has 50 valence electrons. The molecule has 0 fully saturated rings. The predicted octanol–water partition coefficient (Wildman–Crippen LogP) is 2.75. The number of allylic oxidation sites excluding steroid dienone is 1. The summed E-state index contributed by atoms with van der Waals surface area (Å²) in [5, 5.41) is 0. The third-order valence-electron chi connectivity index (χ3n) is 1.02. The predicted molar refractivity (Wildman–Crippen MR) is 42.7 cm³/mol. The van der Waals surface area contributed by atoms with Crippen molar-refractivity contribution in [2.45, 2.75) is 20.3 Å². The van der Waals surface area contributed by atoms with Crippen LogP contribution in [-0.4, -0.2) is 0 Å². The minimum Gasteiger partial charge on any atom is -0.0687 e. The van der Waals surface area contributed by atoms with Crippen molar-refractivity contribution in [3.05, 3.63) is 40.8 Å². The van der Waals surface area contributed by atoms with E-state index in [2.05, 4.69) is 42.2 Å². The van der Waals surface area contributed by atoms with E-state index in [0.29, 0.717) is 0 Å². The first-order chi connectivity index (χ1) is 4.81. The van der Waals surface area contributed by atoms with Crippen LogP contribution in [-0.2, 0) is 0 Å². The zero-order chi connectivity index (χ0) is 7.82. The molecular weight excluding hydrogens is 120 g/mol. The van der Waals surface area contributed by atoms with Crippen molar-refractivity contribution in [2.24, 2.45) is 0 Å². The lowest BCUT2D eigenvalue weighted by molar-refractivity contribution is 1.11. The first-order valence-corrected chi connectivity index (χ1v) is 3.16. The second-order valence-electron chi connectivity index (χ2n) is 1.81. The average molecular weight is 130 g/mol. The van der Waals surface area contributed by atoms with E-state index in [1.807, 2.05) is 6.92 Å². The minimum absolute atomic E-state index is 0.993. The molecule has 0 aromatic heterocycles. The molecule has 0 aliphatic carbocycles. The fourth-order valence-corrected chi connectivity index (χ4v) is 0.302. The molecule has 0 rings (SSSR count). The lowest BCUT2D eigenvalue weighted by Crippen LogP contribution is -1.61. The summed E-state index contributed by atoms with van der Waals surface area (Å²) in [5.74, 6) is 0. The Balaban J connectivity index is 4.85. The highest BCUT2D eigenvalue weighted by Crippen LogP contribution is 1.91. The monoisotopic (exact) mass is 130 g/mol. The van der Waals surface area contributed by atoms with Crippen molar-refractivity contribution in [2.75, 3.05) is 0 Å². The summed E-state index contributed by atoms with van der Waals surface area (Å²) in [6.45, 7) is 7.38. The topological polar surface area (TPSA) is 0 Å². The van der Waals surface area contributed by atoms with Crippen LogP contribution in [0.3, 0.4) is 0 Å². The van der Waals surface area contributed by atoms with Crippen LogP contribution in [0.1, 0.15) is 20.3 Å². The Morgan fingerprint density at radius 3 is 2.50 bits per heavy atom. The summed E-state index contributed by atoms with van der Waals surface area (Å²) >= 11 is 0. The van der Waals surface area contributed by atoms with Crippen molar-refractivity contribution in [3.63, 3.8) is 0 Å². The van der Waals surface area contributed by atoms with Gasteiger partial charge in [-0.25, -0.2) is 0 Å². The lowest BCUT2D eigenvalue weighted by Gasteiger charge is -1.79. The van der Waals surface area contributed by atoms with Gasteiger partial charge in [0.15, 0.2) is 0 Å². The van der Waals surface area contributed by atoms with E-state index in [1.165, 1.54) is 0 Å². The molecule has 0 heteroatoms. The highest BCUT2D eigenvalue weighted by molar-refractivity contribution is 4.97. The second-order valence-corrected chi connectivity index (χ2v) is 1.81. The van der Waals surface area contributed by atoms with Gasteiger partial charge in [-0.05, 0) is 42.7 Å². The van der Waals surface area contributed by atoms with Gasteiger partial charge in [0.2, 0.25) is 0 Å². The fourth-order valence-electron chi connectivity index (χ4n) is 0.302. The molecule has 0 aromatic rings. The Morgan fingerprint density at radius 1 is 1.30 bits per heavy atom. The molecule has 0 amide bonds. The molecule has 0 N–H and O–H groups in total. The van der Waals surface area contributed by atoms with Crippen LogP contribution in [0.4, 0.5) is 0 Å². The Labute approximate surface area is 61.9 Å². The maximum Gasteiger partial charge on any atom is -0.00137 e. The van der Waals surface area contributed by atoms with Crippen LogP contribution in [0, 0.1) is 0 Å². The van der Waals surface area contributed by atoms with Gasteiger partial charge < -0.3 is 0 Å². The van der Waals surface area contributed by atoms with E-state index in [0.717, 1.165) is 12.0 Å². The molecule has 0 heterocycles. The molecule has 0 spiro atoms. The highest BCUT2D eigenvalue weighted by Gasteiger charge is 1.73. The Morgan fingerprint density at radius 2 is 2.00 bits per heavy atom. The largest absolute Gasteiger partial charge is 0.0687 e. The van der Waals surface area contributed by atoms with Crippen molar-refractivity contribution in [1.29, 1.82) is 0 Å². The summed E-state index contributed by atoms with van der Waals surface area (Å²) in [4.78, 5) is 0. The third kappa shape index (κ3) is 4.79. The van der Waals surface area contributed by atoms with Gasteiger partial charge in [0.1, 0.15) is 0 Å². The average Bonchev–Trinajstić information content (AvgIpc) is 1.98. The van der Waals surface area contributed by atoms with Gasteiger partial charge in [-0.2, -0.15) is 0 Å². The fraction of sp³-hybridized carbons (Fsp3) is 0.300. The minimum atomic E-state index is 0.993. The van der Waals surface area contributed by atoms with Crippen LogP contribution >= 0.6 is 0 Å². The summed E-state index contributed by atoms with van der Waals surface area (Å²) in [6.07, 6.45) is 0.993. The molecule has 0 saturated heterocycles. The van der Waals surface area contributed by atoms with Gasteiger partial charge >= 0.3 is 0 Å². The van der Waals surface area contributed by atoms with Gasteiger partial charge in [-0.3, -0.25) is 0 Å². The standard InChI is InChI=1S/C10H10/c1-4-6-7-8-9-10(3)5-2/h1,5H2,2-3H3. The molecule has 0 atom stereocenters. The van der Waals surface area contributed by atoms with E-state index in [4.69, 9.17) is 0 Å². The quantitative estimate of drug-likeness (QED) is 0.479. The summed E-state index contributed by atoms with van der Waals surface area (Å²) in [5.41, 5.74) is 14.3. The van der Waals surface area contributed by atoms with Crippen LogP contribution < -0.4 is 0 Å². The van der Waals surface area contributed by atoms with E-state index in [1.54, 1.807) is 0 Å². The molecule has 0 nitrogen and oxygen atoms in total. The molecule has 0 aromatic carbocycles. The van der Waals surface area contributed by atoms with E-state index >= 15 is 0 Å². The summed E-state index contributed by atoms with van der Waals surface area (Å²) in [7, 11) is 0. The van der Waals surface area contributed by atoms with E-state index in [-0.39, 0.29) is 0 Å². The molecule has 10 heavy (non-hydrogen) atoms. The maximum absolute atomic E-state index is 3.32. The van der Waals surface area contributed by atoms with Crippen molar-refractivity contribution < 1.29 is 0 Å². The zero-order valence-corrected chi connectivity index (χ0v) is 6.41. The van der Waals surface area contributed by atoms with Crippen molar-refractivity contribution in [1.82, 2.24) is 0 Å². The molecule has 0 aliphatic rings. The molecule has 0 unspecified atom stereocenters. The molecule has 0 bridgehead atoms. The summed E-state index contributed by atoms with van der Waals surface area (Å²) < 4.78 is 0. The number of rotatable bonds is 1. The number of hydrogen-bond donors (Lipinski definition) is 0. The summed E-state index contributed by atoms with van der Waals surface area (Å²) in [6, 6.07) is 0. The maximum atomic E-state index is 3.32. The van der Waals surface area contributed by atoms with Crippen LogP contribution in [0.25, 0.3) is 0 Å². The molecular formula is C10H10. The Bertz CT molecular complexity index is 276. The third-order valence-corrected chi connectivity index (χ3v) is 1.02. The molecule has 0 radical (unpaired) electrons. The van der Waals surface area contributed by atoms with Crippen LogP contribution in [0.15, 0.2) is 40.8 Å². The van der Waals surface area contributed by atoms with E-state index < -0.39 is 0 Å². The zero-order valence-electron chi connectivity index (χ0n) is 6.41. The lowest BCUT2D eigenvalue weighted by atomic mass is 10.3. The molecule has 0 aliphatic heterocycles. The van der Waals surface area contributed by atoms with Gasteiger partial charge in [-0.1, -0.05) is 18.4 Å². The highest BCUT2D eigenvalue weighted by atomic mass is 13.8. The van der Waals surface area contributed by atoms with Crippen LogP contribution in [0.2, 0.25) is 0 Å². The van der Waals surface area contributed by atoms with Crippen molar-refractivity contribution >= 4 is 0 Å². The van der Waals surface area contributed by atoms with Crippen molar-refractivity contribution in [3.8, 4) is 0 Å². The second kappa shape index (κ2) is 5.77. The van der Waals surface area contributed by atoms with Gasteiger partial charge in [0.25, 0.3) is 0 Å². The van der Waals surface area contributed by atoms with E-state index in [9.17, 15) is 0 Å².